The predicted octanol–water partition coefficient (Wildman–Crippen LogP) is 5.66. The maximum atomic E-state index is 10.8. The van der Waals surface area contributed by atoms with Crippen molar-refractivity contribution in [1.82, 2.24) is 0 Å². The summed E-state index contributed by atoms with van der Waals surface area (Å²) in [5, 5.41) is 0. The molecule has 20 heavy (non-hydrogen) atoms. The topological polar surface area (TPSA) is 17.1 Å². The van der Waals surface area contributed by atoms with Gasteiger partial charge in [0.15, 0.2) is 5.78 Å². The van der Waals surface area contributed by atoms with Gasteiger partial charge in [-0.3, -0.25) is 4.79 Å². The molecule has 0 aromatic heterocycles. The van der Waals surface area contributed by atoms with Crippen LogP contribution < -0.4 is 0 Å². The van der Waals surface area contributed by atoms with Crippen LogP contribution in [-0.2, 0) is 4.79 Å². The van der Waals surface area contributed by atoms with Crippen LogP contribution in [0.15, 0.2) is 47.1 Å². The zero-order valence-corrected chi connectivity index (χ0v) is 14.4. The van der Waals surface area contributed by atoms with Crippen LogP contribution in [0.1, 0.15) is 55.4 Å². The van der Waals surface area contributed by atoms with Crippen LogP contribution in [-0.4, -0.2) is 5.78 Å². The van der Waals surface area contributed by atoms with Crippen molar-refractivity contribution in [3.63, 3.8) is 0 Å². The predicted molar refractivity (Wildman–Crippen MR) is 92.6 cm³/mol. The van der Waals surface area contributed by atoms with E-state index in [0.717, 1.165) is 11.1 Å². The molecule has 0 aliphatic carbocycles. The zero-order valence-electron chi connectivity index (χ0n) is 14.4. The molecular formula is C19H30O. The molecule has 0 amide bonds. The minimum absolute atomic E-state index is 0.0436. The summed E-state index contributed by atoms with van der Waals surface area (Å²) in [6, 6.07) is 0. The van der Waals surface area contributed by atoms with Gasteiger partial charge >= 0.3 is 0 Å². The summed E-state index contributed by atoms with van der Waals surface area (Å²) in [7, 11) is 0. The SMILES string of the molecule is C#C/C(C)=C/C(=C\C)C(C)=O.C=C(C)C=C(C)C.CC. The lowest BCUT2D eigenvalue weighted by atomic mass is 10.1. The van der Waals surface area contributed by atoms with Crippen molar-refractivity contribution >= 4 is 5.78 Å². The van der Waals surface area contributed by atoms with E-state index in [1.54, 1.807) is 19.1 Å². The number of hydrogen-bond acceptors (Lipinski definition) is 1. The van der Waals surface area contributed by atoms with Crippen molar-refractivity contribution in [2.24, 2.45) is 0 Å². The van der Waals surface area contributed by atoms with Crippen LogP contribution in [0.2, 0.25) is 0 Å². The monoisotopic (exact) mass is 274 g/mol. The number of ketones is 1. The number of rotatable bonds is 3. The minimum Gasteiger partial charge on any atom is -0.295 e. The third kappa shape index (κ3) is 18.6. The van der Waals surface area contributed by atoms with Gasteiger partial charge in [-0.25, -0.2) is 0 Å². The number of carbonyl (C=O) groups excluding carboxylic acids is 1. The molecule has 0 N–H and O–H groups in total. The molecule has 0 spiro atoms. The highest BCUT2D eigenvalue weighted by Gasteiger charge is 1.96. The quantitative estimate of drug-likeness (QED) is 0.369. The van der Waals surface area contributed by atoms with Gasteiger partial charge in [0.1, 0.15) is 0 Å². The number of Topliss-reactive ketones (excluding diaryl/α,β-unsaturated/α-hetero) is 1. The minimum atomic E-state index is 0.0436. The van der Waals surface area contributed by atoms with E-state index in [2.05, 4.69) is 32.4 Å². The Balaban J connectivity index is -0.000000277. The van der Waals surface area contributed by atoms with Gasteiger partial charge in [-0.1, -0.05) is 49.6 Å². The smallest absolute Gasteiger partial charge is 0.159 e. The Kier molecular flexibility index (Phi) is 17.8. The Morgan fingerprint density at radius 2 is 1.50 bits per heavy atom. The fourth-order valence-electron chi connectivity index (χ4n) is 1.16. The van der Waals surface area contributed by atoms with E-state index in [9.17, 15) is 4.79 Å². The number of carbonyl (C=O) groups is 1. The Bertz CT molecular complexity index is 419. The second-order valence-corrected chi connectivity index (χ2v) is 4.34. The highest BCUT2D eigenvalue weighted by molar-refractivity contribution is 5.96. The molecule has 0 rings (SSSR count). The largest absolute Gasteiger partial charge is 0.295 e. The number of terminal acetylenes is 1. The van der Waals surface area contributed by atoms with Crippen LogP contribution in [0.4, 0.5) is 0 Å². The van der Waals surface area contributed by atoms with Crippen molar-refractivity contribution in [3.8, 4) is 12.3 Å². The molecule has 1 nitrogen and oxygen atoms in total. The summed E-state index contributed by atoms with van der Waals surface area (Å²) in [6.07, 6.45) is 10.6. The molecule has 0 saturated heterocycles. The standard InChI is InChI=1S/C10H12O.C7H12.C2H6/c1-5-8(3)7-10(6-2)9(4)11;1-6(2)5-7(3)4;1-2/h1,6-7H,2-4H3;5H,1H2,2-4H3;1-2H3/b8-7+,10-6+;;. The van der Waals surface area contributed by atoms with Gasteiger partial charge in [0.2, 0.25) is 0 Å². The van der Waals surface area contributed by atoms with Gasteiger partial charge in [-0.15, -0.1) is 6.42 Å². The van der Waals surface area contributed by atoms with Gasteiger partial charge in [-0.05, 0) is 53.2 Å². The molecular weight excluding hydrogens is 244 g/mol. The highest BCUT2D eigenvalue weighted by Crippen LogP contribution is 2.02. The molecule has 0 aromatic carbocycles. The second kappa shape index (κ2) is 15.2. The van der Waals surface area contributed by atoms with E-state index < -0.39 is 0 Å². The van der Waals surface area contributed by atoms with Crippen molar-refractivity contribution in [2.75, 3.05) is 0 Å². The van der Waals surface area contributed by atoms with E-state index in [0.29, 0.717) is 5.57 Å². The summed E-state index contributed by atoms with van der Waals surface area (Å²) >= 11 is 0. The van der Waals surface area contributed by atoms with E-state index in [1.165, 1.54) is 12.5 Å². The van der Waals surface area contributed by atoms with E-state index in [-0.39, 0.29) is 5.78 Å². The molecule has 112 valence electrons. The lowest BCUT2D eigenvalue weighted by molar-refractivity contribution is -0.113. The Labute approximate surface area is 126 Å². The van der Waals surface area contributed by atoms with E-state index in [4.69, 9.17) is 6.42 Å². The zero-order chi connectivity index (χ0) is 16.7. The van der Waals surface area contributed by atoms with Crippen molar-refractivity contribution < 1.29 is 4.79 Å². The average molecular weight is 274 g/mol. The van der Waals surface area contributed by atoms with Crippen LogP contribution in [0.3, 0.4) is 0 Å². The molecule has 0 atom stereocenters. The summed E-state index contributed by atoms with van der Waals surface area (Å²) in [5.74, 6) is 2.50. The van der Waals surface area contributed by atoms with Crippen molar-refractivity contribution in [3.05, 3.63) is 47.1 Å². The lowest BCUT2D eigenvalue weighted by Gasteiger charge is -1.93. The van der Waals surface area contributed by atoms with Crippen LogP contribution in [0.25, 0.3) is 0 Å². The lowest BCUT2D eigenvalue weighted by Crippen LogP contribution is -1.92. The maximum Gasteiger partial charge on any atom is 0.159 e. The Hall–Kier alpha value is -1.81. The van der Waals surface area contributed by atoms with Gasteiger partial charge < -0.3 is 0 Å². The third-order valence-electron chi connectivity index (χ3n) is 1.85. The first-order valence-electron chi connectivity index (χ1n) is 6.87. The molecule has 0 unspecified atom stereocenters. The van der Waals surface area contributed by atoms with Gasteiger partial charge in [-0.2, -0.15) is 0 Å². The van der Waals surface area contributed by atoms with Crippen LogP contribution >= 0.6 is 0 Å². The fourth-order valence-corrected chi connectivity index (χ4v) is 1.16. The Morgan fingerprint density at radius 3 is 1.65 bits per heavy atom. The number of allylic oxidation sites excluding steroid dienone is 7. The fraction of sp³-hybridized carbons (Fsp3) is 0.421. The molecule has 0 aromatic rings. The molecule has 0 aliphatic heterocycles. The highest BCUT2D eigenvalue weighted by atomic mass is 16.1. The first-order valence-corrected chi connectivity index (χ1v) is 6.87. The van der Waals surface area contributed by atoms with Gasteiger partial charge in [0.25, 0.3) is 0 Å². The molecule has 0 radical (unpaired) electrons. The van der Waals surface area contributed by atoms with Crippen LogP contribution in [0.5, 0.6) is 0 Å². The average Bonchev–Trinajstić information content (AvgIpc) is 2.36. The van der Waals surface area contributed by atoms with Gasteiger partial charge in [0.05, 0.1) is 0 Å². The summed E-state index contributed by atoms with van der Waals surface area (Å²) in [6.45, 7) is 19.0. The summed E-state index contributed by atoms with van der Waals surface area (Å²) < 4.78 is 0. The van der Waals surface area contributed by atoms with Crippen LogP contribution in [0, 0.1) is 12.3 Å². The summed E-state index contributed by atoms with van der Waals surface area (Å²) in [4.78, 5) is 10.8. The third-order valence-corrected chi connectivity index (χ3v) is 1.85. The molecule has 0 fully saturated rings. The van der Waals surface area contributed by atoms with Crippen molar-refractivity contribution in [2.45, 2.75) is 55.4 Å². The van der Waals surface area contributed by atoms with E-state index in [1.807, 2.05) is 27.7 Å². The number of hydrogen-bond donors (Lipinski definition) is 0. The van der Waals surface area contributed by atoms with Gasteiger partial charge in [0, 0.05) is 5.57 Å². The Morgan fingerprint density at radius 1 is 1.05 bits per heavy atom. The molecule has 1 heteroatoms. The van der Waals surface area contributed by atoms with E-state index >= 15 is 0 Å². The second-order valence-electron chi connectivity index (χ2n) is 4.34. The molecule has 0 aliphatic rings. The van der Waals surface area contributed by atoms with Crippen molar-refractivity contribution in [1.29, 1.82) is 0 Å². The first kappa shape index (κ1) is 23.3. The first-order chi connectivity index (χ1) is 9.24. The molecule has 0 heterocycles. The summed E-state index contributed by atoms with van der Waals surface area (Å²) in [5.41, 5.74) is 3.88. The molecule has 0 saturated carbocycles. The molecule has 0 bridgehead atoms. The maximum absolute atomic E-state index is 10.8. The normalized spacial score (nSPS) is 9.95.